The second kappa shape index (κ2) is 5.88. The summed E-state index contributed by atoms with van der Waals surface area (Å²) in [6, 6.07) is 7.42. The Bertz CT molecular complexity index is 339. The zero-order chi connectivity index (χ0) is 11.3. The quantitative estimate of drug-likeness (QED) is 0.879. The smallest absolute Gasteiger partial charge is 0.251 e. The predicted molar refractivity (Wildman–Crippen MR) is 64.7 cm³/mol. The lowest BCUT2D eigenvalue weighted by Gasteiger charge is -2.07. The molecule has 0 aliphatic carbocycles. The molecular weight excluding hydrogens is 256 g/mol. The number of halogens is 1. The lowest BCUT2D eigenvalue weighted by molar-refractivity contribution is 0.0952. The Labute approximate surface area is 98.2 Å². The summed E-state index contributed by atoms with van der Waals surface area (Å²) in [5, 5.41) is 2.82. The Kier molecular flexibility index (Phi) is 4.78. The maximum atomic E-state index is 11.6. The zero-order valence-corrected chi connectivity index (χ0v) is 10.3. The molecule has 1 amide bonds. The van der Waals surface area contributed by atoms with Gasteiger partial charge in [-0.3, -0.25) is 4.79 Å². The van der Waals surface area contributed by atoms with Gasteiger partial charge in [0.05, 0.1) is 0 Å². The Morgan fingerprint density at radius 1 is 1.60 bits per heavy atom. The molecule has 15 heavy (non-hydrogen) atoms. The summed E-state index contributed by atoms with van der Waals surface area (Å²) in [6.07, 6.45) is 0.791. The van der Waals surface area contributed by atoms with Gasteiger partial charge in [0.25, 0.3) is 5.91 Å². The second-order valence-corrected chi connectivity index (χ2v) is 4.45. The third-order valence-electron chi connectivity index (χ3n) is 1.97. The number of carbonyl (C=O) groups is 1. The molecule has 1 aromatic rings. The Balaban J connectivity index is 2.47. The molecule has 0 heterocycles. The average molecular weight is 271 g/mol. The number of nitrogens with two attached hydrogens (primary N) is 1. The van der Waals surface area contributed by atoms with E-state index in [2.05, 4.69) is 21.2 Å². The standard InChI is InChI=1S/C11H15BrN2O/c1-8(13)5-6-14-11(15)9-3-2-4-10(12)7-9/h2-4,7-8H,5-6,13H2,1H3,(H,14,15). The fourth-order valence-corrected chi connectivity index (χ4v) is 1.54. The number of rotatable bonds is 4. The normalized spacial score (nSPS) is 12.2. The van der Waals surface area contributed by atoms with Crippen molar-refractivity contribution < 1.29 is 4.79 Å². The number of hydrogen-bond donors (Lipinski definition) is 2. The highest BCUT2D eigenvalue weighted by molar-refractivity contribution is 9.10. The minimum absolute atomic E-state index is 0.0584. The summed E-state index contributed by atoms with van der Waals surface area (Å²) in [6.45, 7) is 2.54. The van der Waals surface area contributed by atoms with Gasteiger partial charge in [0, 0.05) is 22.6 Å². The second-order valence-electron chi connectivity index (χ2n) is 3.53. The highest BCUT2D eigenvalue weighted by Crippen LogP contribution is 2.11. The number of benzene rings is 1. The van der Waals surface area contributed by atoms with Crippen LogP contribution in [0.25, 0.3) is 0 Å². The Morgan fingerprint density at radius 2 is 2.33 bits per heavy atom. The van der Waals surface area contributed by atoms with Crippen LogP contribution in [-0.4, -0.2) is 18.5 Å². The molecule has 1 unspecified atom stereocenters. The third kappa shape index (κ3) is 4.44. The molecular formula is C11H15BrN2O. The SMILES string of the molecule is CC(N)CCNC(=O)c1cccc(Br)c1. The van der Waals surface area contributed by atoms with Gasteiger partial charge in [-0.15, -0.1) is 0 Å². The topological polar surface area (TPSA) is 55.1 Å². The lowest BCUT2D eigenvalue weighted by atomic mass is 10.2. The van der Waals surface area contributed by atoms with Gasteiger partial charge in [-0.05, 0) is 31.5 Å². The van der Waals surface area contributed by atoms with Crippen molar-refractivity contribution in [2.45, 2.75) is 19.4 Å². The van der Waals surface area contributed by atoms with Crippen molar-refractivity contribution in [3.63, 3.8) is 0 Å². The maximum absolute atomic E-state index is 11.6. The van der Waals surface area contributed by atoms with Crippen LogP contribution in [0.3, 0.4) is 0 Å². The van der Waals surface area contributed by atoms with Crippen LogP contribution < -0.4 is 11.1 Å². The summed E-state index contributed by atoms with van der Waals surface area (Å²) in [5.74, 6) is -0.0584. The van der Waals surface area contributed by atoms with Crippen LogP contribution in [0.4, 0.5) is 0 Å². The fraction of sp³-hybridized carbons (Fsp3) is 0.364. The summed E-state index contributed by atoms with van der Waals surface area (Å²) < 4.78 is 0.905. The van der Waals surface area contributed by atoms with Crippen LogP contribution >= 0.6 is 15.9 Å². The summed E-state index contributed by atoms with van der Waals surface area (Å²) in [4.78, 5) is 11.6. The molecule has 0 aromatic heterocycles. The van der Waals surface area contributed by atoms with Crippen molar-refractivity contribution in [3.8, 4) is 0 Å². The molecule has 0 aliphatic heterocycles. The molecule has 1 atom stereocenters. The predicted octanol–water partition coefficient (Wildman–Crippen LogP) is 1.92. The molecule has 0 bridgehead atoms. The number of carbonyl (C=O) groups excluding carboxylic acids is 1. The zero-order valence-electron chi connectivity index (χ0n) is 8.66. The van der Waals surface area contributed by atoms with Crippen LogP contribution in [0.1, 0.15) is 23.7 Å². The van der Waals surface area contributed by atoms with Crippen molar-refractivity contribution in [3.05, 3.63) is 34.3 Å². The van der Waals surface area contributed by atoms with Crippen LogP contribution in [0.15, 0.2) is 28.7 Å². The van der Waals surface area contributed by atoms with E-state index in [-0.39, 0.29) is 11.9 Å². The van der Waals surface area contributed by atoms with Gasteiger partial charge in [0.2, 0.25) is 0 Å². The van der Waals surface area contributed by atoms with E-state index in [0.29, 0.717) is 12.1 Å². The molecule has 4 heteroatoms. The third-order valence-corrected chi connectivity index (χ3v) is 2.47. The molecule has 0 fully saturated rings. The van der Waals surface area contributed by atoms with Crippen LogP contribution in [0.2, 0.25) is 0 Å². The average Bonchev–Trinajstić information content (AvgIpc) is 2.17. The van der Waals surface area contributed by atoms with Crippen LogP contribution in [0.5, 0.6) is 0 Å². The van der Waals surface area contributed by atoms with Crippen molar-refractivity contribution in [2.75, 3.05) is 6.54 Å². The molecule has 0 radical (unpaired) electrons. The highest BCUT2D eigenvalue weighted by atomic mass is 79.9. The molecule has 0 saturated heterocycles. The highest BCUT2D eigenvalue weighted by Gasteiger charge is 2.04. The van der Waals surface area contributed by atoms with Gasteiger partial charge >= 0.3 is 0 Å². The number of nitrogens with one attached hydrogen (secondary N) is 1. The van der Waals surface area contributed by atoms with E-state index in [1.807, 2.05) is 19.1 Å². The van der Waals surface area contributed by atoms with E-state index < -0.39 is 0 Å². The lowest BCUT2D eigenvalue weighted by Crippen LogP contribution is -2.28. The largest absolute Gasteiger partial charge is 0.352 e. The van der Waals surface area contributed by atoms with Gasteiger partial charge in [-0.2, -0.15) is 0 Å². The molecule has 1 aromatic carbocycles. The fourth-order valence-electron chi connectivity index (χ4n) is 1.15. The first-order valence-corrected chi connectivity index (χ1v) is 5.68. The number of amides is 1. The van der Waals surface area contributed by atoms with Crippen LogP contribution in [-0.2, 0) is 0 Å². The van der Waals surface area contributed by atoms with Gasteiger partial charge in [-0.25, -0.2) is 0 Å². The molecule has 82 valence electrons. The van der Waals surface area contributed by atoms with E-state index in [4.69, 9.17) is 5.73 Å². The summed E-state index contributed by atoms with van der Waals surface area (Å²) in [5.41, 5.74) is 6.24. The molecule has 0 saturated carbocycles. The molecule has 0 spiro atoms. The van der Waals surface area contributed by atoms with Crippen molar-refractivity contribution in [1.29, 1.82) is 0 Å². The minimum Gasteiger partial charge on any atom is -0.352 e. The monoisotopic (exact) mass is 270 g/mol. The summed E-state index contributed by atoms with van der Waals surface area (Å²) in [7, 11) is 0. The van der Waals surface area contributed by atoms with Crippen molar-refractivity contribution in [2.24, 2.45) is 5.73 Å². The Hall–Kier alpha value is -0.870. The van der Waals surface area contributed by atoms with Gasteiger partial charge in [0.15, 0.2) is 0 Å². The molecule has 3 nitrogen and oxygen atoms in total. The first-order chi connectivity index (χ1) is 7.09. The number of hydrogen-bond acceptors (Lipinski definition) is 2. The van der Waals surface area contributed by atoms with Gasteiger partial charge < -0.3 is 11.1 Å². The van der Waals surface area contributed by atoms with E-state index in [0.717, 1.165) is 10.9 Å². The maximum Gasteiger partial charge on any atom is 0.251 e. The summed E-state index contributed by atoms with van der Waals surface area (Å²) >= 11 is 3.32. The van der Waals surface area contributed by atoms with E-state index >= 15 is 0 Å². The van der Waals surface area contributed by atoms with Gasteiger partial charge in [-0.1, -0.05) is 22.0 Å². The first-order valence-electron chi connectivity index (χ1n) is 4.89. The molecule has 3 N–H and O–H groups in total. The van der Waals surface area contributed by atoms with Crippen molar-refractivity contribution in [1.82, 2.24) is 5.32 Å². The van der Waals surface area contributed by atoms with Crippen molar-refractivity contribution >= 4 is 21.8 Å². The van der Waals surface area contributed by atoms with E-state index in [9.17, 15) is 4.79 Å². The van der Waals surface area contributed by atoms with Crippen LogP contribution in [0, 0.1) is 0 Å². The minimum atomic E-state index is -0.0584. The van der Waals surface area contributed by atoms with E-state index in [1.54, 1.807) is 12.1 Å². The van der Waals surface area contributed by atoms with Gasteiger partial charge in [0.1, 0.15) is 0 Å². The molecule has 1 rings (SSSR count). The Morgan fingerprint density at radius 3 is 2.93 bits per heavy atom. The first kappa shape index (κ1) is 12.2. The van der Waals surface area contributed by atoms with E-state index in [1.165, 1.54) is 0 Å². The molecule has 0 aliphatic rings.